The Morgan fingerprint density at radius 3 is 2.62 bits per heavy atom. The van der Waals surface area contributed by atoms with Gasteiger partial charge in [-0.3, -0.25) is 4.79 Å². The van der Waals surface area contributed by atoms with E-state index in [4.69, 9.17) is 11.6 Å². The van der Waals surface area contributed by atoms with E-state index in [9.17, 15) is 4.79 Å². The van der Waals surface area contributed by atoms with Crippen LogP contribution in [-0.2, 0) is 0 Å². The van der Waals surface area contributed by atoms with Crippen molar-refractivity contribution in [1.82, 2.24) is 25.5 Å². The average Bonchev–Trinajstić information content (AvgIpc) is 3.08. The van der Waals surface area contributed by atoms with E-state index in [1.165, 1.54) is 11.8 Å². The number of benzene rings is 2. The van der Waals surface area contributed by atoms with Gasteiger partial charge in [-0.1, -0.05) is 41.6 Å². The zero-order valence-electron chi connectivity index (χ0n) is 12.6. The number of tetrazole rings is 1. The van der Waals surface area contributed by atoms with Crippen LogP contribution in [-0.4, -0.2) is 38.4 Å². The number of rotatable bonds is 6. The monoisotopic (exact) mass is 359 g/mol. The molecule has 0 atom stereocenters. The summed E-state index contributed by atoms with van der Waals surface area (Å²) < 4.78 is 1.67. The lowest BCUT2D eigenvalue weighted by atomic mass is 10.2. The van der Waals surface area contributed by atoms with Crippen molar-refractivity contribution in [2.45, 2.75) is 5.16 Å². The van der Waals surface area contributed by atoms with Crippen molar-refractivity contribution in [3.63, 3.8) is 0 Å². The standard InChI is InChI=1S/C16H14ClN5OS/c17-13-8-6-12(7-9-13)15(23)18-10-11-24-16-19-20-21-22(16)14-4-2-1-3-5-14/h1-9H,10-11H2,(H,18,23). The third kappa shape index (κ3) is 4.12. The molecule has 0 saturated carbocycles. The molecular formula is C16H14ClN5OS. The molecule has 1 aromatic heterocycles. The van der Waals surface area contributed by atoms with E-state index in [0.717, 1.165) is 5.69 Å². The predicted octanol–water partition coefficient (Wildman–Crippen LogP) is 2.84. The Kier molecular flexibility index (Phi) is 5.45. The van der Waals surface area contributed by atoms with Crippen LogP contribution in [0.2, 0.25) is 5.02 Å². The maximum absolute atomic E-state index is 12.0. The third-order valence-electron chi connectivity index (χ3n) is 3.17. The SMILES string of the molecule is O=C(NCCSc1nnnn1-c1ccccc1)c1ccc(Cl)cc1. The van der Waals surface area contributed by atoms with E-state index in [-0.39, 0.29) is 5.91 Å². The van der Waals surface area contributed by atoms with Crippen LogP contribution in [0.3, 0.4) is 0 Å². The van der Waals surface area contributed by atoms with Gasteiger partial charge in [0, 0.05) is 22.9 Å². The van der Waals surface area contributed by atoms with Gasteiger partial charge in [0.05, 0.1) is 5.69 Å². The molecule has 24 heavy (non-hydrogen) atoms. The molecule has 8 heteroatoms. The number of aromatic nitrogens is 4. The minimum absolute atomic E-state index is 0.130. The van der Waals surface area contributed by atoms with Crippen molar-refractivity contribution in [2.24, 2.45) is 0 Å². The van der Waals surface area contributed by atoms with Crippen LogP contribution in [0, 0.1) is 0 Å². The number of hydrogen-bond acceptors (Lipinski definition) is 5. The third-order valence-corrected chi connectivity index (χ3v) is 4.34. The summed E-state index contributed by atoms with van der Waals surface area (Å²) in [5, 5.41) is 15.9. The lowest BCUT2D eigenvalue weighted by molar-refractivity contribution is 0.0956. The highest BCUT2D eigenvalue weighted by Crippen LogP contribution is 2.17. The molecule has 0 aliphatic rings. The molecule has 3 rings (SSSR count). The van der Waals surface area contributed by atoms with Gasteiger partial charge in [-0.25, -0.2) is 0 Å². The van der Waals surface area contributed by atoms with Gasteiger partial charge in [-0.15, -0.1) is 5.10 Å². The highest BCUT2D eigenvalue weighted by atomic mass is 35.5. The largest absolute Gasteiger partial charge is 0.351 e. The first-order valence-electron chi connectivity index (χ1n) is 7.24. The molecule has 1 N–H and O–H groups in total. The molecule has 6 nitrogen and oxygen atoms in total. The summed E-state index contributed by atoms with van der Waals surface area (Å²) in [7, 11) is 0. The van der Waals surface area contributed by atoms with E-state index < -0.39 is 0 Å². The van der Waals surface area contributed by atoms with E-state index >= 15 is 0 Å². The van der Waals surface area contributed by atoms with Crippen LogP contribution in [0.4, 0.5) is 0 Å². The maximum atomic E-state index is 12.0. The molecule has 122 valence electrons. The Morgan fingerprint density at radius 1 is 1.12 bits per heavy atom. The van der Waals surface area contributed by atoms with Gasteiger partial charge < -0.3 is 5.32 Å². The van der Waals surface area contributed by atoms with Crippen molar-refractivity contribution in [1.29, 1.82) is 0 Å². The maximum Gasteiger partial charge on any atom is 0.251 e. The molecule has 0 spiro atoms. The summed E-state index contributed by atoms with van der Waals surface area (Å²) in [6, 6.07) is 16.4. The minimum atomic E-state index is -0.130. The van der Waals surface area contributed by atoms with Crippen molar-refractivity contribution in [2.75, 3.05) is 12.3 Å². The molecule has 2 aromatic carbocycles. The molecule has 0 saturated heterocycles. The van der Waals surface area contributed by atoms with E-state index in [1.54, 1.807) is 28.9 Å². The molecule has 1 heterocycles. The summed E-state index contributed by atoms with van der Waals surface area (Å²) in [6.45, 7) is 0.508. The number of nitrogens with zero attached hydrogens (tertiary/aromatic N) is 4. The molecule has 0 radical (unpaired) electrons. The average molecular weight is 360 g/mol. The summed E-state index contributed by atoms with van der Waals surface area (Å²) in [4.78, 5) is 12.0. The van der Waals surface area contributed by atoms with Gasteiger partial charge in [0.15, 0.2) is 0 Å². The zero-order chi connectivity index (χ0) is 16.8. The quantitative estimate of drug-likeness (QED) is 0.541. The topological polar surface area (TPSA) is 72.7 Å². The molecule has 3 aromatic rings. The molecule has 1 amide bonds. The first-order chi connectivity index (χ1) is 11.7. The number of carbonyl (C=O) groups excluding carboxylic acids is 1. The van der Waals surface area contributed by atoms with E-state index in [2.05, 4.69) is 20.8 Å². The number of carbonyl (C=O) groups is 1. The smallest absolute Gasteiger partial charge is 0.251 e. The van der Waals surface area contributed by atoms with Crippen LogP contribution in [0.15, 0.2) is 59.8 Å². The van der Waals surface area contributed by atoms with Crippen LogP contribution in [0.1, 0.15) is 10.4 Å². The minimum Gasteiger partial charge on any atom is -0.351 e. The van der Waals surface area contributed by atoms with Crippen molar-refractivity contribution in [3.05, 3.63) is 65.2 Å². The van der Waals surface area contributed by atoms with Gasteiger partial charge in [0.25, 0.3) is 5.91 Å². The Labute approximate surface area is 148 Å². The number of para-hydroxylation sites is 1. The molecule has 0 aliphatic carbocycles. The Balaban J connectivity index is 1.52. The Bertz CT molecular complexity index is 807. The summed E-state index contributed by atoms with van der Waals surface area (Å²) in [5.41, 5.74) is 1.48. The fourth-order valence-electron chi connectivity index (χ4n) is 2.01. The molecule has 0 fully saturated rings. The molecule has 0 bridgehead atoms. The Hall–Kier alpha value is -2.38. The van der Waals surface area contributed by atoms with Gasteiger partial charge >= 0.3 is 0 Å². The number of amides is 1. The van der Waals surface area contributed by atoms with Crippen molar-refractivity contribution in [3.8, 4) is 5.69 Å². The zero-order valence-corrected chi connectivity index (χ0v) is 14.2. The van der Waals surface area contributed by atoms with Crippen molar-refractivity contribution >= 4 is 29.3 Å². The number of halogens is 1. The second-order valence-electron chi connectivity index (χ2n) is 4.82. The first kappa shape index (κ1) is 16.5. The van der Waals surface area contributed by atoms with Gasteiger partial charge in [0.1, 0.15) is 0 Å². The van der Waals surface area contributed by atoms with Crippen LogP contribution >= 0.6 is 23.4 Å². The molecular weight excluding hydrogens is 346 g/mol. The summed E-state index contributed by atoms with van der Waals surface area (Å²) in [5.74, 6) is 0.530. The molecule has 0 aliphatic heterocycles. The normalized spacial score (nSPS) is 10.5. The lowest BCUT2D eigenvalue weighted by Crippen LogP contribution is -2.25. The molecule has 0 unspecified atom stereocenters. The van der Waals surface area contributed by atoms with Gasteiger partial charge in [0.2, 0.25) is 5.16 Å². The summed E-state index contributed by atoms with van der Waals surface area (Å²) in [6.07, 6.45) is 0. The lowest BCUT2D eigenvalue weighted by Gasteiger charge is -2.06. The highest BCUT2D eigenvalue weighted by Gasteiger charge is 2.09. The van der Waals surface area contributed by atoms with E-state index in [0.29, 0.717) is 28.0 Å². The highest BCUT2D eigenvalue weighted by molar-refractivity contribution is 7.99. The van der Waals surface area contributed by atoms with E-state index in [1.807, 2.05) is 30.3 Å². The fraction of sp³-hybridized carbons (Fsp3) is 0.125. The Morgan fingerprint density at radius 2 is 1.88 bits per heavy atom. The van der Waals surface area contributed by atoms with Crippen LogP contribution in [0.25, 0.3) is 5.69 Å². The number of hydrogen-bond donors (Lipinski definition) is 1. The number of nitrogens with one attached hydrogen (secondary N) is 1. The van der Waals surface area contributed by atoms with Crippen molar-refractivity contribution < 1.29 is 4.79 Å². The second-order valence-corrected chi connectivity index (χ2v) is 6.32. The summed E-state index contributed by atoms with van der Waals surface area (Å²) >= 11 is 7.29. The van der Waals surface area contributed by atoms with Gasteiger partial charge in [-0.2, -0.15) is 4.68 Å². The van der Waals surface area contributed by atoms with Crippen LogP contribution < -0.4 is 5.32 Å². The predicted molar refractivity (Wildman–Crippen MR) is 93.7 cm³/mol. The second kappa shape index (κ2) is 7.94. The van der Waals surface area contributed by atoms with Gasteiger partial charge in [-0.05, 0) is 46.8 Å². The first-order valence-corrected chi connectivity index (χ1v) is 8.61. The fourth-order valence-corrected chi connectivity index (χ4v) is 2.88. The number of thioether (sulfide) groups is 1. The van der Waals surface area contributed by atoms with Crippen LogP contribution in [0.5, 0.6) is 0 Å².